The minimum absolute atomic E-state index is 0.0674. The van der Waals surface area contributed by atoms with Crippen molar-refractivity contribution in [3.05, 3.63) is 76.3 Å². The quantitative estimate of drug-likeness (QED) is 0.655. The Morgan fingerprint density at radius 2 is 1.96 bits per heavy atom. The Kier molecular flexibility index (Phi) is 4.40. The summed E-state index contributed by atoms with van der Waals surface area (Å²) in [5, 5.41) is 11.1. The molecule has 4 heteroatoms. The van der Waals surface area contributed by atoms with Gasteiger partial charge in [-0.15, -0.1) is 0 Å². The topological polar surface area (TPSA) is 29.5 Å². The van der Waals surface area contributed by atoms with Crippen molar-refractivity contribution in [1.82, 2.24) is 0 Å². The van der Waals surface area contributed by atoms with Gasteiger partial charge in [-0.3, -0.25) is 0 Å². The van der Waals surface area contributed by atoms with Crippen molar-refractivity contribution in [2.24, 2.45) is 0 Å². The number of aryl methyl sites for hydroxylation is 1. The van der Waals surface area contributed by atoms with Gasteiger partial charge in [-0.25, -0.2) is 4.39 Å². The zero-order valence-corrected chi connectivity index (χ0v) is 16.2. The van der Waals surface area contributed by atoms with Gasteiger partial charge >= 0.3 is 0 Å². The van der Waals surface area contributed by atoms with E-state index in [9.17, 15) is 9.50 Å². The number of ether oxygens (including phenoxy) is 1. The van der Waals surface area contributed by atoms with Crippen molar-refractivity contribution in [3.63, 3.8) is 0 Å². The van der Waals surface area contributed by atoms with Crippen molar-refractivity contribution in [2.45, 2.75) is 44.8 Å². The fourth-order valence-corrected chi connectivity index (χ4v) is 4.23. The molecular formula is C23H22ClFO2. The molecule has 2 aromatic carbocycles. The van der Waals surface area contributed by atoms with Gasteiger partial charge in [-0.1, -0.05) is 43.3 Å². The van der Waals surface area contributed by atoms with Gasteiger partial charge in [0.25, 0.3) is 0 Å². The molecule has 4 rings (SSSR count). The molecule has 2 atom stereocenters. The fraction of sp³-hybridized carbons (Fsp3) is 0.304. The number of halogens is 2. The Morgan fingerprint density at radius 3 is 2.67 bits per heavy atom. The van der Waals surface area contributed by atoms with Crippen LogP contribution < -0.4 is 0 Å². The summed E-state index contributed by atoms with van der Waals surface area (Å²) in [5.41, 5.74) is 4.60. The van der Waals surface area contributed by atoms with E-state index in [1.165, 1.54) is 6.07 Å². The van der Waals surface area contributed by atoms with E-state index in [2.05, 4.69) is 13.5 Å². The maximum absolute atomic E-state index is 13.9. The van der Waals surface area contributed by atoms with Gasteiger partial charge in [-0.2, -0.15) is 0 Å². The number of aliphatic hydroxyl groups excluding tert-OH is 1. The van der Waals surface area contributed by atoms with E-state index >= 15 is 0 Å². The van der Waals surface area contributed by atoms with Crippen molar-refractivity contribution < 1.29 is 14.2 Å². The Bertz CT molecular complexity index is 978. The lowest BCUT2D eigenvalue weighted by atomic mass is 9.85. The minimum Gasteiger partial charge on any atom is -0.509 e. The summed E-state index contributed by atoms with van der Waals surface area (Å²) in [7, 11) is 0. The summed E-state index contributed by atoms with van der Waals surface area (Å²) in [6.07, 6.45) is 2.38. The molecule has 2 unspecified atom stereocenters. The third-order valence-electron chi connectivity index (χ3n) is 5.75. The molecule has 1 N–H and O–H groups in total. The fourth-order valence-electron chi connectivity index (χ4n) is 4.11. The molecule has 0 amide bonds. The second kappa shape index (κ2) is 6.50. The van der Waals surface area contributed by atoms with Gasteiger partial charge < -0.3 is 9.84 Å². The maximum atomic E-state index is 13.9. The van der Waals surface area contributed by atoms with Crippen LogP contribution in [0.15, 0.2) is 54.3 Å². The lowest BCUT2D eigenvalue weighted by molar-refractivity contribution is -0.0183. The first-order valence-corrected chi connectivity index (χ1v) is 9.61. The zero-order chi connectivity index (χ0) is 19.3. The van der Waals surface area contributed by atoms with Crippen molar-refractivity contribution in [3.8, 4) is 11.1 Å². The van der Waals surface area contributed by atoms with E-state index in [1.54, 1.807) is 12.1 Å². The van der Waals surface area contributed by atoms with Gasteiger partial charge in [0.2, 0.25) is 0 Å². The summed E-state index contributed by atoms with van der Waals surface area (Å²) in [4.78, 5) is 0. The first-order chi connectivity index (χ1) is 12.8. The Labute approximate surface area is 163 Å². The van der Waals surface area contributed by atoms with Crippen LogP contribution >= 0.6 is 11.6 Å². The highest BCUT2D eigenvalue weighted by Crippen LogP contribution is 2.49. The average Bonchev–Trinajstić information content (AvgIpc) is 3.03. The van der Waals surface area contributed by atoms with Gasteiger partial charge in [-0.05, 0) is 72.2 Å². The first-order valence-electron chi connectivity index (χ1n) is 9.23. The molecule has 0 radical (unpaired) electrons. The third-order valence-corrected chi connectivity index (χ3v) is 6.05. The van der Waals surface area contributed by atoms with E-state index in [4.69, 9.17) is 16.3 Å². The van der Waals surface area contributed by atoms with Gasteiger partial charge in [0, 0.05) is 5.57 Å². The van der Waals surface area contributed by atoms with Crippen LogP contribution in [0.2, 0.25) is 5.02 Å². The molecule has 2 nitrogen and oxygen atoms in total. The number of hydrogen-bond acceptors (Lipinski definition) is 2. The number of fused-ring (bicyclic) bond motifs is 2. The van der Waals surface area contributed by atoms with E-state index in [0.717, 1.165) is 52.7 Å². The molecule has 0 saturated carbocycles. The molecule has 0 spiro atoms. The lowest BCUT2D eigenvalue weighted by Crippen LogP contribution is -2.33. The van der Waals surface area contributed by atoms with Crippen LogP contribution in [-0.4, -0.2) is 16.8 Å². The van der Waals surface area contributed by atoms with Crippen molar-refractivity contribution in [1.29, 1.82) is 0 Å². The average molecular weight is 385 g/mol. The lowest BCUT2D eigenvalue weighted by Gasteiger charge is -2.33. The molecule has 27 heavy (non-hydrogen) atoms. The zero-order valence-electron chi connectivity index (χ0n) is 15.5. The summed E-state index contributed by atoms with van der Waals surface area (Å²) >= 11 is 5.82. The molecule has 1 fully saturated rings. The van der Waals surface area contributed by atoms with E-state index in [1.807, 2.05) is 25.1 Å². The van der Waals surface area contributed by atoms with E-state index < -0.39 is 11.4 Å². The number of aliphatic hydroxyl groups is 1. The van der Waals surface area contributed by atoms with Gasteiger partial charge in [0.05, 0.1) is 11.1 Å². The molecule has 1 saturated heterocycles. The third kappa shape index (κ3) is 2.90. The van der Waals surface area contributed by atoms with E-state index in [0.29, 0.717) is 0 Å². The van der Waals surface area contributed by atoms with Gasteiger partial charge in [0.1, 0.15) is 17.2 Å². The maximum Gasteiger partial charge on any atom is 0.142 e. The molecule has 2 aromatic rings. The van der Waals surface area contributed by atoms with Crippen molar-refractivity contribution in [2.75, 3.05) is 0 Å². The molecular weight excluding hydrogens is 363 g/mol. The highest BCUT2D eigenvalue weighted by atomic mass is 35.5. The molecule has 2 aliphatic heterocycles. The van der Waals surface area contributed by atoms with Crippen LogP contribution in [-0.2, 0) is 11.2 Å². The van der Waals surface area contributed by atoms with Crippen LogP contribution in [0.3, 0.4) is 0 Å². The largest absolute Gasteiger partial charge is 0.509 e. The van der Waals surface area contributed by atoms with Crippen LogP contribution in [0.1, 0.15) is 37.8 Å². The normalized spacial score (nSPS) is 24.6. The molecule has 0 aliphatic carbocycles. The smallest absolute Gasteiger partial charge is 0.142 e. The molecule has 2 aliphatic rings. The number of benzene rings is 2. The first kappa shape index (κ1) is 18.3. The highest BCUT2D eigenvalue weighted by molar-refractivity contribution is 6.30. The van der Waals surface area contributed by atoms with Crippen LogP contribution in [0.4, 0.5) is 4.39 Å². The standard InChI is InChI=1S/C23H22ClFO2/c1-4-14-5-6-15(16-7-8-18(24)19(25)12-16)11-17(14)21-13(2)20-9-10-23(3,27-20)22(21)26/h5-8,11-12,20,26H,2,4,9-10H2,1,3H3. The number of rotatable bonds is 3. The number of hydrogen-bond donors (Lipinski definition) is 1. The molecule has 2 bridgehead atoms. The summed E-state index contributed by atoms with van der Waals surface area (Å²) in [6, 6.07) is 10.8. The Hall–Kier alpha value is -2.10. The predicted octanol–water partition coefficient (Wildman–Crippen LogP) is 6.49. The predicted molar refractivity (Wildman–Crippen MR) is 107 cm³/mol. The molecule has 0 aromatic heterocycles. The monoisotopic (exact) mass is 384 g/mol. The summed E-state index contributed by atoms with van der Waals surface area (Å²) < 4.78 is 19.9. The second-order valence-electron chi connectivity index (χ2n) is 7.48. The Balaban J connectivity index is 1.89. The van der Waals surface area contributed by atoms with Crippen LogP contribution in [0, 0.1) is 5.82 Å². The highest BCUT2D eigenvalue weighted by Gasteiger charge is 2.47. The summed E-state index contributed by atoms with van der Waals surface area (Å²) in [6.45, 7) is 8.22. The Morgan fingerprint density at radius 1 is 1.26 bits per heavy atom. The summed E-state index contributed by atoms with van der Waals surface area (Å²) in [5.74, 6) is -0.200. The second-order valence-corrected chi connectivity index (χ2v) is 7.89. The van der Waals surface area contributed by atoms with E-state index in [-0.39, 0.29) is 16.9 Å². The molecule has 2 heterocycles. The minimum atomic E-state index is -0.658. The molecule has 140 valence electrons. The SMILES string of the molecule is C=C1C(c2cc(-c3ccc(Cl)c(F)c3)ccc2CC)=C(O)C2(C)CCC1O2. The van der Waals surface area contributed by atoms with Gasteiger partial charge in [0.15, 0.2) is 0 Å². The van der Waals surface area contributed by atoms with Crippen LogP contribution in [0.25, 0.3) is 16.7 Å². The van der Waals surface area contributed by atoms with Crippen molar-refractivity contribution >= 4 is 17.2 Å². The van der Waals surface area contributed by atoms with Crippen LogP contribution in [0.5, 0.6) is 0 Å².